The van der Waals surface area contributed by atoms with Crippen LogP contribution in [0.3, 0.4) is 0 Å². The van der Waals surface area contributed by atoms with Gasteiger partial charge in [0.15, 0.2) is 0 Å². The Bertz CT molecular complexity index is 221. The van der Waals surface area contributed by atoms with E-state index in [1.165, 1.54) is 58.0 Å². The molecule has 3 nitrogen and oxygen atoms in total. The van der Waals surface area contributed by atoms with E-state index in [1.807, 2.05) is 0 Å². The van der Waals surface area contributed by atoms with Gasteiger partial charge in [0.1, 0.15) is 0 Å². The molecule has 1 unspecified atom stereocenters. The third kappa shape index (κ3) is 8.93. The van der Waals surface area contributed by atoms with Crippen LogP contribution in [0.15, 0.2) is 0 Å². The largest absolute Gasteiger partial charge is 0.380 e. The van der Waals surface area contributed by atoms with Gasteiger partial charge in [-0.2, -0.15) is 0 Å². The Kier molecular flexibility index (Phi) is 10.3. The molecule has 1 aliphatic rings. The van der Waals surface area contributed by atoms with Crippen molar-refractivity contribution in [3.05, 3.63) is 0 Å². The maximum absolute atomic E-state index is 5.85. The topological polar surface area (TPSA) is 24.5 Å². The van der Waals surface area contributed by atoms with E-state index in [4.69, 9.17) is 4.74 Å². The standard InChI is InChI=1S/C17H36N2O/c1-16(2)14-18-11-7-4-5-9-13-20-15-17-10-6-8-12-19(17)3/h16-18H,4-15H2,1-3H3. The molecule has 0 spiro atoms. The van der Waals surface area contributed by atoms with E-state index in [0.29, 0.717) is 6.04 Å². The number of hydrogen-bond donors (Lipinski definition) is 1. The monoisotopic (exact) mass is 284 g/mol. The van der Waals surface area contributed by atoms with Crippen molar-refractivity contribution in [1.82, 2.24) is 10.2 Å². The quantitative estimate of drug-likeness (QED) is 0.589. The van der Waals surface area contributed by atoms with Gasteiger partial charge in [0.2, 0.25) is 0 Å². The first-order chi connectivity index (χ1) is 9.70. The summed E-state index contributed by atoms with van der Waals surface area (Å²) in [7, 11) is 2.23. The molecule has 0 aliphatic carbocycles. The first-order valence-electron chi connectivity index (χ1n) is 8.69. The summed E-state index contributed by atoms with van der Waals surface area (Å²) < 4.78 is 5.85. The lowest BCUT2D eigenvalue weighted by molar-refractivity contribution is 0.0512. The van der Waals surface area contributed by atoms with Gasteiger partial charge >= 0.3 is 0 Å². The van der Waals surface area contributed by atoms with Crippen LogP contribution in [0.5, 0.6) is 0 Å². The molecule has 1 atom stereocenters. The summed E-state index contributed by atoms with van der Waals surface area (Å²) in [6.07, 6.45) is 9.22. The van der Waals surface area contributed by atoms with E-state index in [-0.39, 0.29) is 0 Å². The second-order valence-electron chi connectivity index (χ2n) is 6.72. The molecule has 0 amide bonds. The van der Waals surface area contributed by atoms with Crippen LogP contribution in [0, 0.1) is 5.92 Å². The third-order valence-electron chi connectivity index (χ3n) is 4.18. The molecular formula is C17H36N2O. The van der Waals surface area contributed by atoms with Crippen LogP contribution in [-0.2, 0) is 4.74 Å². The molecule has 1 fully saturated rings. The zero-order valence-corrected chi connectivity index (χ0v) is 14.0. The molecule has 0 aromatic rings. The highest BCUT2D eigenvalue weighted by Crippen LogP contribution is 2.15. The van der Waals surface area contributed by atoms with Gasteiger partial charge in [-0.3, -0.25) is 0 Å². The predicted molar refractivity (Wildman–Crippen MR) is 87.3 cm³/mol. The Balaban J connectivity index is 1.80. The Labute approximate surface area is 126 Å². The van der Waals surface area contributed by atoms with Crippen LogP contribution in [0.4, 0.5) is 0 Å². The summed E-state index contributed by atoms with van der Waals surface area (Å²) in [5.74, 6) is 0.765. The van der Waals surface area contributed by atoms with Gasteiger partial charge < -0.3 is 15.0 Å². The van der Waals surface area contributed by atoms with Crippen molar-refractivity contribution in [2.45, 2.75) is 64.8 Å². The van der Waals surface area contributed by atoms with Gasteiger partial charge in [0.25, 0.3) is 0 Å². The van der Waals surface area contributed by atoms with E-state index >= 15 is 0 Å². The highest BCUT2D eigenvalue weighted by molar-refractivity contribution is 4.73. The summed E-state index contributed by atoms with van der Waals surface area (Å²) in [6.45, 7) is 9.97. The van der Waals surface area contributed by atoms with Crippen molar-refractivity contribution in [1.29, 1.82) is 0 Å². The molecule has 0 bridgehead atoms. The minimum absolute atomic E-state index is 0.670. The first kappa shape index (κ1) is 17.9. The molecule has 0 saturated carbocycles. The predicted octanol–water partition coefficient (Wildman–Crippen LogP) is 3.29. The number of ether oxygens (including phenoxy) is 1. The lowest BCUT2D eigenvalue weighted by Crippen LogP contribution is -2.39. The summed E-state index contributed by atoms with van der Waals surface area (Å²) in [4.78, 5) is 2.46. The maximum atomic E-state index is 5.85. The molecule has 20 heavy (non-hydrogen) atoms. The fourth-order valence-corrected chi connectivity index (χ4v) is 2.77. The van der Waals surface area contributed by atoms with Crippen molar-refractivity contribution >= 4 is 0 Å². The van der Waals surface area contributed by atoms with E-state index in [2.05, 4.69) is 31.1 Å². The Morgan fingerprint density at radius 2 is 1.95 bits per heavy atom. The maximum Gasteiger partial charge on any atom is 0.0621 e. The molecule has 120 valence electrons. The molecule has 1 saturated heterocycles. The molecular weight excluding hydrogens is 248 g/mol. The van der Waals surface area contributed by atoms with E-state index in [1.54, 1.807) is 0 Å². The van der Waals surface area contributed by atoms with Crippen LogP contribution in [-0.4, -0.2) is 50.8 Å². The van der Waals surface area contributed by atoms with Crippen LogP contribution in [0.25, 0.3) is 0 Å². The normalized spacial score (nSPS) is 20.7. The van der Waals surface area contributed by atoms with Crippen molar-refractivity contribution in [3.63, 3.8) is 0 Å². The number of nitrogens with zero attached hydrogens (tertiary/aromatic N) is 1. The third-order valence-corrected chi connectivity index (χ3v) is 4.18. The summed E-state index contributed by atoms with van der Waals surface area (Å²) in [5.41, 5.74) is 0. The van der Waals surface area contributed by atoms with Gasteiger partial charge in [0.05, 0.1) is 6.61 Å². The van der Waals surface area contributed by atoms with Gasteiger partial charge in [0, 0.05) is 12.6 Å². The Morgan fingerprint density at radius 1 is 1.15 bits per heavy atom. The van der Waals surface area contributed by atoms with E-state index in [0.717, 1.165) is 25.7 Å². The van der Waals surface area contributed by atoms with Crippen molar-refractivity contribution in [3.8, 4) is 0 Å². The minimum Gasteiger partial charge on any atom is -0.380 e. The van der Waals surface area contributed by atoms with Crippen LogP contribution in [0.2, 0.25) is 0 Å². The summed E-state index contributed by atoms with van der Waals surface area (Å²) >= 11 is 0. The molecule has 1 N–H and O–H groups in total. The first-order valence-corrected chi connectivity index (χ1v) is 8.69. The van der Waals surface area contributed by atoms with Crippen molar-refractivity contribution in [2.75, 3.05) is 39.9 Å². The number of piperidine rings is 1. The molecule has 1 aliphatic heterocycles. The van der Waals surface area contributed by atoms with Gasteiger partial charge in [-0.25, -0.2) is 0 Å². The number of unbranched alkanes of at least 4 members (excludes halogenated alkanes) is 3. The molecule has 1 rings (SSSR count). The van der Waals surface area contributed by atoms with E-state index < -0.39 is 0 Å². The number of likely N-dealkylation sites (tertiary alicyclic amines) is 1. The second-order valence-corrected chi connectivity index (χ2v) is 6.72. The summed E-state index contributed by atoms with van der Waals surface area (Å²) in [5, 5.41) is 3.50. The minimum atomic E-state index is 0.670. The van der Waals surface area contributed by atoms with Crippen molar-refractivity contribution < 1.29 is 4.74 Å². The average Bonchev–Trinajstić information content (AvgIpc) is 2.42. The van der Waals surface area contributed by atoms with Gasteiger partial charge in [-0.15, -0.1) is 0 Å². The fraction of sp³-hybridized carbons (Fsp3) is 1.00. The highest BCUT2D eigenvalue weighted by atomic mass is 16.5. The number of likely N-dealkylation sites (N-methyl/N-ethyl adjacent to an activating group) is 1. The Hall–Kier alpha value is -0.120. The number of nitrogens with one attached hydrogen (secondary N) is 1. The lowest BCUT2D eigenvalue weighted by atomic mass is 10.0. The zero-order chi connectivity index (χ0) is 14.6. The summed E-state index contributed by atoms with van der Waals surface area (Å²) in [6, 6.07) is 0.670. The second kappa shape index (κ2) is 11.5. The van der Waals surface area contributed by atoms with Crippen molar-refractivity contribution in [2.24, 2.45) is 5.92 Å². The van der Waals surface area contributed by atoms with Crippen LogP contribution >= 0.6 is 0 Å². The fourth-order valence-electron chi connectivity index (χ4n) is 2.77. The molecule has 0 aromatic carbocycles. The highest BCUT2D eigenvalue weighted by Gasteiger charge is 2.18. The molecule has 3 heteroatoms. The van der Waals surface area contributed by atoms with Crippen LogP contribution < -0.4 is 5.32 Å². The zero-order valence-electron chi connectivity index (χ0n) is 14.0. The van der Waals surface area contributed by atoms with Crippen LogP contribution in [0.1, 0.15) is 58.8 Å². The number of rotatable bonds is 11. The molecule has 1 heterocycles. The van der Waals surface area contributed by atoms with Gasteiger partial charge in [-0.05, 0) is 58.3 Å². The number of hydrogen-bond acceptors (Lipinski definition) is 3. The lowest BCUT2D eigenvalue weighted by Gasteiger charge is -2.32. The SMILES string of the molecule is CC(C)CNCCCCCCOCC1CCCCN1C. The molecule has 0 radical (unpaired) electrons. The molecule has 0 aromatic heterocycles. The smallest absolute Gasteiger partial charge is 0.0621 e. The average molecular weight is 284 g/mol. The Morgan fingerprint density at radius 3 is 2.70 bits per heavy atom. The van der Waals surface area contributed by atoms with Gasteiger partial charge in [-0.1, -0.05) is 33.1 Å². The van der Waals surface area contributed by atoms with E-state index in [9.17, 15) is 0 Å².